The van der Waals surface area contributed by atoms with E-state index in [-0.39, 0.29) is 17.1 Å². The monoisotopic (exact) mass is 344 g/mol. The number of para-hydroxylation sites is 2. The summed E-state index contributed by atoms with van der Waals surface area (Å²) in [6.45, 7) is -2.98. The van der Waals surface area contributed by atoms with Crippen LogP contribution in [-0.2, 0) is 0 Å². The van der Waals surface area contributed by atoms with Crippen molar-refractivity contribution in [1.29, 1.82) is 0 Å². The fourth-order valence-electron chi connectivity index (χ4n) is 2.39. The summed E-state index contributed by atoms with van der Waals surface area (Å²) in [7, 11) is 1.36. The number of rotatable bonds is 5. The zero-order chi connectivity index (χ0) is 17.8. The van der Waals surface area contributed by atoms with Gasteiger partial charge >= 0.3 is 6.61 Å². The van der Waals surface area contributed by atoms with Crippen LogP contribution in [0.5, 0.6) is 11.5 Å². The number of benzene rings is 2. The molecule has 0 fully saturated rings. The fourth-order valence-corrected chi connectivity index (χ4v) is 2.39. The van der Waals surface area contributed by atoms with Gasteiger partial charge in [0.25, 0.3) is 5.56 Å². The molecule has 0 radical (unpaired) electrons. The van der Waals surface area contributed by atoms with E-state index in [9.17, 15) is 13.6 Å². The van der Waals surface area contributed by atoms with Gasteiger partial charge in [-0.25, -0.2) is 4.98 Å². The number of methoxy groups -OCH3 is 1. The zero-order valence-corrected chi connectivity index (χ0v) is 13.2. The van der Waals surface area contributed by atoms with Gasteiger partial charge < -0.3 is 14.5 Å². The van der Waals surface area contributed by atoms with E-state index < -0.39 is 6.61 Å². The zero-order valence-electron chi connectivity index (χ0n) is 13.2. The van der Waals surface area contributed by atoms with Crippen molar-refractivity contribution in [2.45, 2.75) is 6.61 Å². The highest BCUT2D eigenvalue weighted by Gasteiger charge is 2.13. The van der Waals surface area contributed by atoms with Crippen molar-refractivity contribution in [3.63, 3.8) is 0 Å². The Balaban J connectivity index is 2.01. The molecule has 0 aliphatic rings. The molecule has 128 valence electrons. The standard InChI is InChI=1S/C18H14F2N2O3/c1-24-14-8-4-5-11(16(14)25-18(19)20)9-10-15-21-13-7-3-2-6-12(13)17(23)22-15/h2-10,18H,1H3,(H,21,22,23)/b10-9-. The lowest BCUT2D eigenvalue weighted by Gasteiger charge is -2.12. The molecular formula is C18H14F2N2O3. The van der Waals surface area contributed by atoms with E-state index in [4.69, 9.17) is 4.74 Å². The molecule has 0 amide bonds. The highest BCUT2D eigenvalue weighted by molar-refractivity contribution is 5.79. The van der Waals surface area contributed by atoms with Crippen LogP contribution in [0.3, 0.4) is 0 Å². The van der Waals surface area contributed by atoms with Gasteiger partial charge in [-0.05, 0) is 30.4 Å². The summed E-state index contributed by atoms with van der Waals surface area (Å²) in [5.41, 5.74) is 0.635. The fraction of sp³-hybridized carbons (Fsp3) is 0.111. The maximum absolute atomic E-state index is 12.6. The van der Waals surface area contributed by atoms with Crippen LogP contribution in [0.25, 0.3) is 23.1 Å². The molecule has 0 aliphatic carbocycles. The second kappa shape index (κ2) is 7.12. The van der Waals surface area contributed by atoms with Crippen molar-refractivity contribution < 1.29 is 18.3 Å². The van der Waals surface area contributed by atoms with Crippen LogP contribution in [0, 0.1) is 0 Å². The highest BCUT2D eigenvalue weighted by Crippen LogP contribution is 2.33. The lowest BCUT2D eigenvalue weighted by Crippen LogP contribution is -2.09. The summed E-state index contributed by atoms with van der Waals surface area (Å²) in [6, 6.07) is 11.7. The Hall–Kier alpha value is -3.22. The summed E-state index contributed by atoms with van der Waals surface area (Å²) >= 11 is 0. The van der Waals surface area contributed by atoms with Gasteiger partial charge in [0.05, 0.1) is 18.0 Å². The van der Waals surface area contributed by atoms with Crippen LogP contribution >= 0.6 is 0 Å². The van der Waals surface area contributed by atoms with Crippen molar-refractivity contribution in [2.75, 3.05) is 7.11 Å². The van der Waals surface area contributed by atoms with Crippen LogP contribution in [0.15, 0.2) is 47.3 Å². The molecule has 3 rings (SSSR count). The first-order chi connectivity index (χ1) is 12.1. The number of hydrogen-bond acceptors (Lipinski definition) is 4. The normalized spacial score (nSPS) is 11.4. The predicted octanol–water partition coefficient (Wildman–Crippen LogP) is 3.70. The van der Waals surface area contributed by atoms with Crippen LogP contribution in [0.2, 0.25) is 0 Å². The molecule has 0 aliphatic heterocycles. The minimum atomic E-state index is -2.98. The number of aromatic amines is 1. The Kier molecular flexibility index (Phi) is 4.74. The summed E-state index contributed by atoms with van der Waals surface area (Å²) < 4.78 is 34.9. The van der Waals surface area contributed by atoms with Crippen molar-refractivity contribution in [2.24, 2.45) is 0 Å². The smallest absolute Gasteiger partial charge is 0.387 e. The molecule has 0 unspecified atom stereocenters. The van der Waals surface area contributed by atoms with Crippen LogP contribution < -0.4 is 15.0 Å². The van der Waals surface area contributed by atoms with E-state index in [1.807, 2.05) is 0 Å². The molecule has 1 aromatic heterocycles. The Morgan fingerprint density at radius 1 is 1.12 bits per heavy atom. The van der Waals surface area contributed by atoms with E-state index in [1.54, 1.807) is 36.4 Å². The van der Waals surface area contributed by atoms with E-state index in [1.165, 1.54) is 25.3 Å². The number of alkyl halides is 2. The Morgan fingerprint density at radius 2 is 1.92 bits per heavy atom. The van der Waals surface area contributed by atoms with E-state index in [0.717, 1.165) is 0 Å². The molecule has 0 bridgehead atoms. The van der Waals surface area contributed by atoms with Crippen molar-refractivity contribution in [1.82, 2.24) is 9.97 Å². The molecule has 0 spiro atoms. The first-order valence-corrected chi connectivity index (χ1v) is 7.37. The number of nitrogens with one attached hydrogen (secondary N) is 1. The average molecular weight is 344 g/mol. The van der Waals surface area contributed by atoms with Gasteiger partial charge in [0.1, 0.15) is 5.82 Å². The minimum absolute atomic E-state index is 0.0839. The minimum Gasteiger partial charge on any atom is -0.493 e. The molecule has 1 N–H and O–H groups in total. The first-order valence-electron chi connectivity index (χ1n) is 7.37. The number of aromatic nitrogens is 2. The first kappa shape index (κ1) is 16.6. The van der Waals surface area contributed by atoms with Crippen molar-refractivity contribution >= 4 is 23.1 Å². The topological polar surface area (TPSA) is 64.2 Å². The van der Waals surface area contributed by atoms with Gasteiger partial charge in [-0.2, -0.15) is 8.78 Å². The molecule has 1 heterocycles. The third-order valence-electron chi connectivity index (χ3n) is 3.49. The summed E-state index contributed by atoms with van der Waals surface area (Å²) in [4.78, 5) is 19.0. The third-order valence-corrected chi connectivity index (χ3v) is 3.49. The molecule has 0 saturated carbocycles. The number of ether oxygens (including phenoxy) is 2. The highest BCUT2D eigenvalue weighted by atomic mass is 19.3. The largest absolute Gasteiger partial charge is 0.493 e. The van der Waals surface area contributed by atoms with E-state index in [2.05, 4.69) is 14.7 Å². The van der Waals surface area contributed by atoms with E-state index >= 15 is 0 Å². The maximum Gasteiger partial charge on any atom is 0.387 e. The van der Waals surface area contributed by atoms with Gasteiger partial charge in [0.15, 0.2) is 11.5 Å². The van der Waals surface area contributed by atoms with Crippen molar-refractivity contribution in [3.8, 4) is 11.5 Å². The third kappa shape index (κ3) is 3.65. The molecular weight excluding hydrogens is 330 g/mol. The molecule has 0 saturated heterocycles. The summed E-state index contributed by atoms with van der Waals surface area (Å²) in [6.07, 6.45) is 3.04. The molecule has 25 heavy (non-hydrogen) atoms. The summed E-state index contributed by atoms with van der Waals surface area (Å²) in [5.74, 6) is 0.399. The SMILES string of the molecule is COc1cccc(/C=C\c2nc3ccccc3c(=O)[nH]2)c1OC(F)F. The lowest BCUT2D eigenvalue weighted by atomic mass is 10.1. The molecule has 7 heteroatoms. The second-order valence-electron chi connectivity index (χ2n) is 5.06. The van der Waals surface area contributed by atoms with Crippen LogP contribution in [0.4, 0.5) is 8.78 Å². The Labute approximate surface area is 141 Å². The quantitative estimate of drug-likeness (QED) is 0.766. The maximum atomic E-state index is 12.6. The average Bonchev–Trinajstić information content (AvgIpc) is 2.60. The van der Waals surface area contributed by atoms with Gasteiger partial charge in [0.2, 0.25) is 0 Å². The molecule has 5 nitrogen and oxygen atoms in total. The molecule has 0 atom stereocenters. The van der Waals surface area contributed by atoms with Gasteiger partial charge in [-0.3, -0.25) is 4.79 Å². The summed E-state index contributed by atoms with van der Waals surface area (Å²) in [5, 5.41) is 0.475. The van der Waals surface area contributed by atoms with Crippen LogP contribution in [0.1, 0.15) is 11.4 Å². The number of fused-ring (bicyclic) bond motifs is 1. The lowest BCUT2D eigenvalue weighted by molar-refractivity contribution is -0.0513. The van der Waals surface area contributed by atoms with Gasteiger partial charge in [-0.15, -0.1) is 0 Å². The Morgan fingerprint density at radius 3 is 2.68 bits per heavy atom. The van der Waals surface area contributed by atoms with Crippen molar-refractivity contribution in [3.05, 3.63) is 64.2 Å². The van der Waals surface area contributed by atoms with E-state index in [0.29, 0.717) is 22.3 Å². The Bertz CT molecular complexity index is 983. The van der Waals surface area contributed by atoms with Gasteiger partial charge in [-0.1, -0.05) is 24.3 Å². The number of nitrogens with zero attached hydrogens (tertiary/aromatic N) is 1. The second-order valence-corrected chi connectivity index (χ2v) is 5.06. The number of hydrogen-bond donors (Lipinski definition) is 1. The van der Waals surface area contributed by atoms with Crippen LogP contribution in [-0.4, -0.2) is 23.7 Å². The molecule has 3 aromatic rings. The predicted molar refractivity (Wildman–Crippen MR) is 90.9 cm³/mol. The molecule has 2 aromatic carbocycles. The number of halogens is 2. The van der Waals surface area contributed by atoms with Gasteiger partial charge in [0, 0.05) is 5.56 Å². The number of H-pyrrole nitrogens is 1.